The highest BCUT2D eigenvalue weighted by Crippen LogP contribution is 2.23. The van der Waals surface area contributed by atoms with Crippen LogP contribution in [-0.4, -0.2) is 38.9 Å². The maximum atomic E-state index is 6.38. The molecule has 0 heterocycles. The highest BCUT2D eigenvalue weighted by Gasteiger charge is 2.37. The lowest BCUT2D eigenvalue weighted by molar-refractivity contribution is 0.198. The third-order valence-electron chi connectivity index (χ3n) is 2.20. The number of rotatable bonds is 8. The Labute approximate surface area is 110 Å². The van der Waals surface area contributed by atoms with Gasteiger partial charge in [0.2, 0.25) is 0 Å². The molecule has 0 saturated carbocycles. The molecule has 0 radical (unpaired) electrons. The first-order valence-corrected chi connectivity index (χ1v) is 15.7. The summed E-state index contributed by atoms with van der Waals surface area (Å²) in [5.41, 5.74) is 0. The number of hydrogen-bond donors (Lipinski definition) is 0. The van der Waals surface area contributed by atoms with Crippen molar-refractivity contribution in [3.8, 4) is 0 Å². The largest absolute Gasteiger partial charge is 0.437 e. The fourth-order valence-corrected chi connectivity index (χ4v) is 15.3. The summed E-state index contributed by atoms with van der Waals surface area (Å²) in [6.07, 6.45) is 1.09. The Kier molecular flexibility index (Phi) is 6.83. The zero-order valence-electron chi connectivity index (χ0n) is 12.8. The second-order valence-corrected chi connectivity index (χ2v) is 19.2. The Bertz CT molecular complexity index is 224. The predicted molar refractivity (Wildman–Crippen MR) is 81.8 cm³/mol. The van der Waals surface area contributed by atoms with Crippen molar-refractivity contribution in [2.45, 2.75) is 58.3 Å². The van der Waals surface area contributed by atoms with Crippen LogP contribution in [0.25, 0.3) is 0 Å². The van der Waals surface area contributed by atoms with E-state index in [9.17, 15) is 0 Å². The van der Waals surface area contributed by atoms with Crippen LogP contribution in [0.5, 0.6) is 0 Å². The molecule has 0 saturated heterocycles. The third kappa shape index (κ3) is 10.2. The average molecular weight is 295 g/mol. The molecule has 0 rings (SSSR count). The van der Waals surface area contributed by atoms with Crippen molar-refractivity contribution in [1.29, 1.82) is 0 Å². The summed E-state index contributed by atoms with van der Waals surface area (Å²) in [4.78, 5) is 0. The van der Waals surface area contributed by atoms with Gasteiger partial charge in [0, 0.05) is 13.7 Å². The van der Waals surface area contributed by atoms with Crippen molar-refractivity contribution in [1.82, 2.24) is 0 Å². The second-order valence-electron chi connectivity index (χ2n) is 6.57. The van der Waals surface area contributed by atoms with E-state index in [0.29, 0.717) is 0 Å². The SMILES string of the molecule is COCCC[Si](C)(C)O[Si](C)(C)O[Si](C)(C)C. The quantitative estimate of drug-likeness (QED) is 0.503. The predicted octanol–water partition coefficient (Wildman–Crippen LogP) is 3.80. The molecule has 0 fully saturated rings. The lowest BCUT2D eigenvalue weighted by Gasteiger charge is -2.37. The van der Waals surface area contributed by atoms with Gasteiger partial charge in [0.1, 0.15) is 0 Å². The molecule has 17 heavy (non-hydrogen) atoms. The monoisotopic (exact) mass is 294 g/mol. The zero-order chi connectivity index (χ0) is 13.7. The highest BCUT2D eigenvalue weighted by molar-refractivity contribution is 6.87. The molecule has 3 nitrogen and oxygen atoms in total. The number of methoxy groups -OCH3 is 1. The van der Waals surface area contributed by atoms with E-state index < -0.39 is 25.2 Å². The van der Waals surface area contributed by atoms with Gasteiger partial charge >= 0.3 is 8.56 Å². The van der Waals surface area contributed by atoms with Gasteiger partial charge in [-0.1, -0.05) is 0 Å². The molecule has 0 amide bonds. The van der Waals surface area contributed by atoms with Crippen molar-refractivity contribution in [3.05, 3.63) is 0 Å². The van der Waals surface area contributed by atoms with E-state index in [0.717, 1.165) is 19.1 Å². The van der Waals surface area contributed by atoms with Crippen molar-refractivity contribution in [3.63, 3.8) is 0 Å². The van der Waals surface area contributed by atoms with E-state index >= 15 is 0 Å². The lowest BCUT2D eigenvalue weighted by atomic mass is 10.5. The topological polar surface area (TPSA) is 27.7 Å². The summed E-state index contributed by atoms with van der Waals surface area (Å²) in [5.74, 6) is 0. The van der Waals surface area contributed by atoms with Crippen LogP contribution in [-0.2, 0) is 13.0 Å². The average Bonchev–Trinajstić information content (AvgIpc) is 1.96. The summed E-state index contributed by atoms with van der Waals surface area (Å²) < 4.78 is 17.7. The molecule has 0 atom stereocenters. The molecule has 0 N–H and O–H groups in total. The molecule has 0 spiro atoms. The fraction of sp³-hybridized carbons (Fsp3) is 1.00. The molecular weight excluding hydrogens is 264 g/mol. The summed E-state index contributed by atoms with van der Waals surface area (Å²) in [5, 5.41) is 0. The van der Waals surface area contributed by atoms with Crippen LogP contribution in [0.2, 0.25) is 51.9 Å². The normalized spacial score (nSPS) is 14.1. The minimum Gasteiger partial charge on any atom is -0.437 e. The summed E-state index contributed by atoms with van der Waals surface area (Å²) >= 11 is 0. The van der Waals surface area contributed by atoms with Crippen molar-refractivity contribution < 1.29 is 13.0 Å². The minimum atomic E-state index is -1.95. The van der Waals surface area contributed by atoms with E-state index in [-0.39, 0.29) is 0 Å². The molecule has 104 valence electrons. The molecule has 0 aromatic carbocycles. The van der Waals surface area contributed by atoms with Gasteiger partial charge in [-0.05, 0) is 58.3 Å². The van der Waals surface area contributed by atoms with Gasteiger partial charge < -0.3 is 13.0 Å². The smallest absolute Gasteiger partial charge is 0.311 e. The maximum Gasteiger partial charge on any atom is 0.311 e. The lowest BCUT2D eigenvalue weighted by Crippen LogP contribution is -2.51. The van der Waals surface area contributed by atoms with E-state index in [1.54, 1.807) is 7.11 Å². The molecule has 0 unspecified atom stereocenters. The molecule has 0 aromatic rings. The van der Waals surface area contributed by atoms with Crippen LogP contribution >= 0.6 is 0 Å². The van der Waals surface area contributed by atoms with E-state index in [2.05, 4.69) is 45.8 Å². The number of hydrogen-bond acceptors (Lipinski definition) is 3. The minimum absolute atomic E-state index is 0.830. The zero-order valence-corrected chi connectivity index (χ0v) is 15.8. The van der Waals surface area contributed by atoms with Gasteiger partial charge in [-0.3, -0.25) is 0 Å². The molecule has 6 heteroatoms. The van der Waals surface area contributed by atoms with Crippen LogP contribution < -0.4 is 0 Å². The third-order valence-corrected chi connectivity index (χ3v) is 12.4. The first-order chi connectivity index (χ1) is 7.47. The fourth-order valence-electron chi connectivity index (χ4n) is 2.12. The van der Waals surface area contributed by atoms with Gasteiger partial charge in [-0.2, -0.15) is 0 Å². The molecule has 0 aliphatic carbocycles. The van der Waals surface area contributed by atoms with Crippen LogP contribution in [0.1, 0.15) is 6.42 Å². The molecule has 0 aromatic heterocycles. The summed E-state index contributed by atoms with van der Waals surface area (Å²) in [6, 6.07) is 1.15. The standard InChI is InChI=1S/C11H30O3Si3/c1-12-10-9-11-16(5,6)14-17(7,8)13-15(2,3)4/h9-11H2,1-8H3. The highest BCUT2D eigenvalue weighted by atomic mass is 28.5. The van der Waals surface area contributed by atoms with Crippen LogP contribution in [0.15, 0.2) is 0 Å². The van der Waals surface area contributed by atoms with E-state index in [4.69, 9.17) is 13.0 Å². The summed E-state index contributed by atoms with van der Waals surface area (Å²) in [7, 11) is -3.29. The Balaban J connectivity index is 4.27. The first-order valence-electron chi connectivity index (χ1n) is 6.37. The Morgan fingerprint density at radius 3 is 1.76 bits per heavy atom. The summed E-state index contributed by atoms with van der Waals surface area (Å²) in [6.45, 7) is 16.4. The van der Waals surface area contributed by atoms with Crippen molar-refractivity contribution in [2.75, 3.05) is 13.7 Å². The maximum absolute atomic E-state index is 6.38. The molecule has 0 bridgehead atoms. The first kappa shape index (κ1) is 17.5. The number of ether oxygens (including phenoxy) is 1. The molecule has 0 aliphatic rings. The van der Waals surface area contributed by atoms with Gasteiger partial charge in [0.15, 0.2) is 16.6 Å². The van der Waals surface area contributed by atoms with Gasteiger partial charge in [0.25, 0.3) is 0 Å². The van der Waals surface area contributed by atoms with Crippen LogP contribution in [0.4, 0.5) is 0 Å². The second kappa shape index (κ2) is 6.63. The van der Waals surface area contributed by atoms with Crippen molar-refractivity contribution >= 4 is 25.2 Å². The van der Waals surface area contributed by atoms with Gasteiger partial charge in [-0.15, -0.1) is 0 Å². The van der Waals surface area contributed by atoms with Gasteiger partial charge in [0.05, 0.1) is 0 Å². The Morgan fingerprint density at radius 2 is 1.35 bits per heavy atom. The van der Waals surface area contributed by atoms with Crippen LogP contribution in [0, 0.1) is 0 Å². The Morgan fingerprint density at radius 1 is 0.824 bits per heavy atom. The van der Waals surface area contributed by atoms with E-state index in [1.165, 1.54) is 0 Å². The van der Waals surface area contributed by atoms with E-state index in [1.807, 2.05) is 0 Å². The van der Waals surface area contributed by atoms with Crippen LogP contribution in [0.3, 0.4) is 0 Å². The Hall–Kier alpha value is 0.531. The van der Waals surface area contributed by atoms with Gasteiger partial charge in [-0.25, -0.2) is 0 Å². The van der Waals surface area contributed by atoms with Crippen molar-refractivity contribution in [2.24, 2.45) is 0 Å². The molecular formula is C11H30O3Si3. The molecule has 0 aliphatic heterocycles.